The predicted molar refractivity (Wildman–Crippen MR) is 73.7 cm³/mol. The number of hydrogen-bond acceptors (Lipinski definition) is 3. The van der Waals surface area contributed by atoms with Crippen LogP contribution in [0.3, 0.4) is 0 Å². The molecule has 0 atom stereocenters. The number of rotatable bonds is 7. The minimum absolute atomic E-state index is 0.00732. The van der Waals surface area contributed by atoms with Crippen molar-refractivity contribution in [3.8, 4) is 0 Å². The molecule has 0 unspecified atom stereocenters. The minimum atomic E-state index is -0.00732. The van der Waals surface area contributed by atoms with E-state index in [-0.39, 0.29) is 11.8 Å². The number of likely N-dealkylation sites (tertiary alicyclic amines) is 1. The van der Waals surface area contributed by atoms with Crippen molar-refractivity contribution < 1.29 is 9.59 Å². The van der Waals surface area contributed by atoms with Crippen LogP contribution >= 0.6 is 0 Å². The van der Waals surface area contributed by atoms with Crippen LogP contribution in [0.2, 0.25) is 0 Å². The molecule has 1 heterocycles. The van der Waals surface area contributed by atoms with E-state index in [1.54, 1.807) is 0 Å². The molecule has 5 heteroatoms. The Morgan fingerprint density at radius 3 is 2.53 bits per heavy atom. The highest BCUT2D eigenvalue weighted by Crippen LogP contribution is 2.27. The van der Waals surface area contributed by atoms with E-state index in [4.69, 9.17) is 0 Å². The molecule has 0 spiro atoms. The molecular formula is C14H25N3O2. The van der Waals surface area contributed by atoms with Crippen molar-refractivity contribution in [3.05, 3.63) is 0 Å². The summed E-state index contributed by atoms with van der Waals surface area (Å²) >= 11 is 0. The highest BCUT2D eigenvalue weighted by Gasteiger charge is 2.20. The Kier molecular flexibility index (Phi) is 5.63. The molecule has 5 nitrogen and oxygen atoms in total. The quantitative estimate of drug-likeness (QED) is 0.706. The molecular weight excluding hydrogens is 242 g/mol. The normalized spacial score (nSPS) is 19.3. The first-order chi connectivity index (χ1) is 9.25. The Balaban J connectivity index is 1.49. The van der Waals surface area contributed by atoms with E-state index in [1.807, 2.05) is 4.90 Å². The van der Waals surface area contributed by atoms with E-state index in [0.29, 0.717) is 19.5 Å². The van der Waals surface area contributed by atoms with E-state index < -0.39 is 0 Å². The number of nitrogens with one attached hydrogen (secondary N) is 2. The van der Waals surface area contributed by atoms with Gasteiger partial charge in [-0.25, -0.2) is 0 Å². The summed E-state index contributed by atoms with van der Waals surface area (Å²) in [4.78, 5) is 25.3. The highest BCUT2D eigenvalue weighted by molar-refractivity contribution is 5.80. The maximum absolute atomic E-state index is 11.9. The summed E-state index contributed by atoms with van der Waals surface area (Å²) in [6, 6.07) is 0. The SMILES string of the molecule is O=C(CNCC1CC1)NCCC(=O)N1CCCCC1. The molecule has 2 rings (SSSR count). The molecule has 1 aliphatic carbocycles. The van der Waals surface area contributed by atoms with Gasteiger partial charge in [0.25, 0.3) is 0 Å². The van der Waals surface area contributed by atoms with Crippen LogP contribution in [0.25, 0.3) is 0 Å². The van der Waals surface area contributed by atoms with Crippen molar-refractivity contribution in [3.63, 3.8) is 0 Å². The third-order valence-corrected chi connectivity index (χ3v) is 3.79. The first-order valence-electron chi connectivity index (χ1n) is 7.51. The van der Waals surface area contributed by atoms with Gasteiger partial charge in [-0.05, 0) is 44.6 Å². The molecule has 0 aromatic carbocycles. The van der Waals surface area contributed by atoms with Crippen LogP contribution in [-0.2, 0) is 9.59 Å². The van der Waals surface area contributed by atoms with Gasteiger partial charge in [0.2, 0.25) is 11.8 Å². The van der Waals surface area contributed by atoms with Crippen molar-refractivity contribution in [1.82, 2.24) is 15.5 Å². The molecule has 1 saturated heterocycles. The van der Waals surface area contributed by atoms with Crippen LogP contribution < -0.4 is 10.6 Å². The number of carbonyl (C=O) groups is 2. The second-order valence-electron chi connectivity index (χ2n) is 5.62. The Bertz CT molecular complexity index is 310. The van der Waals surface area contributed by atoms with Crippen molar-refractivity contribution >= 4 is 11.8 Å². The first kappa shape index (κ1) is 14.3. The zero-order valence-electron chi connectivity index (χ0n) is 11.6. The van der Waals surface area contributed by atoms with Gasteiger partial charge in [0.15, 0.2) is 0 Å². The molecule has 0 bridgehead atoms. The number of amides is 2. The average Bonchev–Trinajstić information content (AvgIpc) is 3.24. The summed E-state index contributed by atoms with van der Waals surface area (Å²) in [7, 11) is 0. The van der Waals surface area contributed by atoms with Crippen molar-refractivity contribution in [2.45, 2.75) is 38.5 Å². The zero-order chi connectivity index (χ0) is 13.5. The van der Waals surface area contributed by atoms with Gasteiger partial charge < -0.3 is 15.5 Å². The summed E-state index contributed by atoms with van der Waals surface area (Å²) in [5, 5.41) is 5.94. The molecule has 0 aromatic heterocycles. The first-order valence-corrected chi connectivity index (χ1v) is 7.51. The topological polar surface area (TPSA) is 61.4 Å². The standard InChI is InChI=1S/C14H25N3O2/c18-13(11-15-10-12-4-5-12)16-7-6-14(19)17-8-2-1-3-9-17/h12,15H,1-11H2,(H,16,18). The Morgan fingerprint density at radius 2 is 1.84 bits per heavy atom. The second kappa shape index (κ2) is 7.48. The lowest BCUT2D eigenvalue weighted by Gasteiger charge is -2.26. The smallest absolute Gasteiger partial charge is 0.233 e. The molecule has 108 valence electrons. The second-order valence-corrected chi connectivity index (χ2v) is 5.62. The minimum Gasteiger partial charge on any atom is -0.354 e. The fourth-order valence-corrected chi connectivity index (χ4v) is 2.38. The maximum Gasteiger partial charge on any atom is 0.233 e. The van der Waals surface area contributed by atoms with Gasteiger partial charge in [-0.15, -0.1) is 0 Å². The summed E-state index contributed by atoms with van der Waals surface area (Å²) in [5.74, 6) is 0.950. The number of nitrogens with zero attached hydrogens (tertiary/aromatic N) is 1. The fraction of sp³-hybridized carbons (Fsp3) is 0.857. The summed E-state index contributed by atoms with van der Waals surface area (Å²) in [5.41, 5.74) is 0. The average molecular weight is 267 g/mol. The van der Waals surface area contributed by atoms with E-state index in [0.717, 1.165) is 38.4 Å². The fourth-order valence-electron chi connectivity index (χ4n) is 2.38. The van der Waals surface area contributed by atoms with Gasteiger partial charge in [-0.1, -0.05) is 0 Å². The molecule has 1 aliphatic heterocycles. The monoisotopic (exact) mass is 267 g/mol. The van der Waals surface area contributed by atoms with Crippen LogP contribution in [0.4, 0.5) is 0 Å². The molecule has 2 fully saturated rings. The van der Waals surface area contributed by atoms with Crippen LogP contribution in [0, 0.1) is 5.92 Å². The third kappa shape index (κ3) is 5.59. The maximum atomic E-state index is 11.9. The van der Waals surface area contributed by atoms with Crippen molar-refractivity contribution in [2.75, 3.05) is 32.7 Å². The third-order valence-electron chi connectivity index (χ3n) is 3.79. The van der Waals surface area contributed by atoms with Crippen LogP contribution in [0.5, 0.6) is 0 Å². The van der Waals surface area contributed by atoms with Crippen LogP contribution in [-0.4, -0.2) is 49.4 Å². The Morgan fingerprint density at radius 1 is 1.11 bits per heavy atom. The Hall–Kier alpha value is -1.10. The molecule has 1 saturated carbocycles. The van der Waals surface area contributed by atoms with Crippen molar-refractivity contribution in [1.29, 1.82) is 0 Å². The van der Waals surface area contributed by atoms with Gasteiger partial charge in [0, 0.05) is 26.1 Å². The van der Waals surface area contributed by atoms with Gasteiger partial charge in [-0.3, -0.25) is 9.59 Å². The lowest BCUT2D eigenvalue weighted by Crippen LogP contribution is -2.39. The number of hydrogen-bond donors (Lipinski definition) is 2. The van der Waals surface area contributed by atoms with Gasteiger partial charge in [0.05, 0.1) is 6.54 Å². The Labute approximate surface area is 115 Å². The van der Waals surface area contributed by atoms with Crippen LogP contribution in [0.15, 0.2) is 0 Å². The molecule has 0 radical (unpaired) electrons. The molecule has 19 heavy (non-hydrogen) atoms. The lowest BCUT2D eigenvalue weighted by atomic mass is 10.1. The highest BCUT2D eigenvalue weighted by atomic mass is 16.2. The number of piperidine rings is 1. The van der Waals surface area contributed by atoms with Gasteiger partial charge >= 0.3 is 0 Å². The zero-order valence-corrected chi connectivity index (χ0v) is 11.6. The summed E-state index contributed by atoms with van der Waals surface area (Å²) < 4.78 is 0. The van der Waals surface area contributed by atoms with E-state index >= 15 is 0 Å². The van der Waals surface area contributed by atoms with Crippen molar-refractivity contribution in [2.24, 2.45) is 5.92 Å². The van der Waals surface area contributed by atoms with E-state index in [2.05, 4.69) is 10.6 Å². The largest absolute Gasteiger partial charge is 0.354 e. The molecule has 2 N–H and O–H groups in total. The molecule has 2 amide bonds. The number of carbonyl (C=O) groups excluding carboxylic acids is 2. The lowest BCUT2D eigenvalue weighted by molar-refractivity contribution is -0.132. The predicted octanol–water partition coefficient (Wildman–Crippen LogP) is 0.505. The molecule has 0 aromatic rings. The van der Waals surface area contributed by atoms with Gasteiger partial charge in [-0.2, -0.15) is 0 Å². The van der Waals surface area contributed by atoms with Crippen LogP contribution in [0.1, 0.15) is 38.5 Å². The van der Waals surface area contributed by atoms with Gasteiger partial charge in [0.1, 0.15) is 0 Å². The van der Waals surface area contributed by atoms with E-state index in [1.165, 1.54) is 19.3 Å². The summed E-state index contributed by atoms with van der Waals surface area (Å²) in [6.45, 7) is 3.54. The van der Waals surface area contributed by atoms with E-state index in [9.17, 15) is 9.59 Å². The molecule has 2 aliphatic rings. The summed E-state index contributed by atoms with van der Waals surface area (Å²) in [6.07, 6.45) is 6.46.